The number of carbonyl (C=O) groups excluding carboxylic acids is 1. The highest BCUT2D eigenvalue weighted by Crippen LogP contribution is 2.45. The van der Waals surface area contributed by atoms with Crippen LogP contribution in [0.4, 0.5) is 0 Å². The van der Waals surface area contributed by atoms with E-state index in [0.717, 1.165) is 48.6 Å². The van der Waals surface area contributed by atoms with Crippen molar-refractivity contribution in [1.29, 1.82) is 0 Å². The van der Waals surface area contributed by atoms with Gasteiger partial charge in [0.25, 0.3) is 0 Å². The van der Waals surface area contributed by atoms with Crippen LogP contribution in [0.3, 0.4) is 0 Å². The standard InChI is InChI=1S/C25H23NO3/c27-19-11-9-17(10-12-19)18-13-15-26(16-14-18)25(28)24-20-5-1-3-7-22(20)29-23-8-4-2-6-21(23)24/h1-12,18,24,27H,13-16H2. The topological polar surface area (TPSA) is 49.8 Å². The van der Waals surface area contributed by atoms with Gasteiger partial charge >= 0.3 is 0 Å². The second-order valence-corrected chi connectivity index (χ2v) is 7.80. The Morgan fingerprint density at radius 1 is 0.828 bits per heavy atom. The number of benzene rings is 3. The van der Waals surface area contributed by atoms with Crippen LogP contribution in [0.15, 0.2) is 72.8 Å². The maximum atomic E-state index is 13.6. The number of rotatable bonds is 2. The van der Waals surface area contributed by atoms with Gasteiger partial charge in [-0.05, 0) is 48.6 Å². The Kier molecular flexibility index (Phi) is 4.47. The summed E-state index contributed by atoms with van der Waals surface area (Å²) >= 11 is 0. The lowest BCUT2D eigenvalue weighted by Crippen LogP contribution is -2.41. The molecule has 0 aromatic heterocycles. The molecule has 1 fully saturated rings. The third-order valence-electron chi connectivity index (χ3n) is 6.10. The zero-order valence-electron chi connectivity index (χ0n) is 16.1. The van der Waals surface area contributed by atoms with Gasteiger partial charge in [-0.2, -0.15) is 0 Å². The van der Waals surface area contributed by atoms with Crippen molar-refractivity contribution in [3.63, 3.8) is 0 Å². The summed E-state index contributed by atoms with van der Waals surface area (Å²) in [6.45, 7) is 1.48. The first-order chi connectivity index (χ1) is 14.2. The monoisotopic (exact) mass is 385 g/mol. The predicted octanol–water partition coefficient (Wildman–Crippen LogP) is 5.04. The zero-order chi connectivity index (χ0) is 19.8. The first-order valence-corrected chi connectivity index (χ1v) is 10.1. The minimum Gasteiger partial charge on any atom is -0.508 e. The summed E-state index contributed by atoms with van der Waals surface area (Å²) in [5.74, 6) is 2.08. The third-order valence-corrected chi connectivity index (χ3v) is 6.10. The molecular formula is C25H23NO3. The lowest BCUT2D eigenvalue weighted by atomic mass is 9.85. The van der Waals surface area contributed by atoms with Gasteiger partial charge in [0.1, 0.15) is 17.2 Å². The number of carbonyl (C=O) groups is 1. The Bertz CT molecular complexity index is 990. The van der Waals surface area contributed by atoms with Gasteiger partial charge in [-0.25, -0.2) is 0 Å². The summed E-state index contributed by atoms with van der Waals surface area (Å²) in [5, 5.41) is 9.51. The minimum atomic E-state index is -0.318. The van der Waals surface area contributed by atoms with Crippen molar-refractivity contribution >= 4 is 5.91 Å². The molecule has 0 bridgehead atoms. The highest BCUT2D eigenvalue weighted by Gasteiger charge is 2.36. The lowest BCUT2D eigenvalue weighted by molar-refractivity contribution is -0.133. The molecule has 3 aromatic rings. The molecule has 146 valence electrons. The van der Waals surface area contributed by atoms with Crippen molar-refractivity contribution in [2.75, 3.05) is 13.1 Å². The Morgan fingerprint density at radius 2 is 1.38 bits per heavy atom. The quantitative estimate of drug-likeness (QED) is 0.673. The van der Waals surface area contributed by atoms with Crippen LogP contribution in [0.1, 0.15) is 41.4 Å². The summed E-state index contributed by atoms with van der Waals surface area (Å²) in [6.07, 6.45) is 1.87. The Balaban J connectivity index is 1.38. The van der Waals surface area contributed by atoms with Gasteiger partial charge in [0, 0.05) is 24.2 Å². The van der Waals surface area contributed by atoms with Crippen LogP contribution in [0.5, 0.6) is 17.2 Å². The van der Waals surface area contributed by atoms with Gasteiger partial charge in [-0.15, -0.1) is 0 Å². The fourth-order valence-corrected chi connectivity index (χ4v) is 4.54. The summed E-state index contributed by atoms with van der Waals surface area (Å²) in [5.41, 5.74) is 3.12. The maximum Gasteiger partial charge on any atom is 0.234 e. The van der Waals surface area contributed by atoms with E-state index in [1.807, 2.05) is 65.6 Å². The van der Waals surface area contributed by atoms with E-state index < -0.39 is 0 Å². The molecule has 2 aliphatic heterocycles. The number of hydrogen-bond donors (Lipinski definition) is 1. The molecule has 0 unspecified atom stereocenters. The molecule has 4 nitrogen and oxygen atoms in total. The fourth-order valence-electron chi connectivity index (χ4n) is 4.54. The van der Waals surface area contributed by atoms with Crippen LogP contribution in [-0.4, -0.2) is 29.0 Å². The number of aromatic hydroxyl groups is 1. The molecular weight excluding hydrogens is 362 g/mol. The van der Waals surface area contributed by atoms with E-state index >= 15 is 0 Å². The lowest BCUT2D eigenvalue weighted by Gasteiger charge is -2.36. The first kappa shape index (κ1) is 17.8. The summed E-state index contributed by atoms with van der Waals surface area (Å²) in [7, 11) is 0. The Morgan fingerprint density at radius 3 is 1.97 bits per heavy atom. The average molecular weight is 385 g/mol. The Hall–Kier alpha value is -3.27. The minimum absolute atomic E-state index is 0.150. The van der Waals surface area contributed by atoms with Crippen LogP contribution in [0.25, 0.3) is 0 Å². The summed E-state index contributed by atoms with van der Waals surface area (Å²) in [6, 6.07) is 23.1. The fraction of sp³-hybridized carbons (Fsp3) is 0.240. The second-order valence-electron chi connectivity index (χ2n) is 7.80. The highest BCUT2D eigenvalue weighted by atomic mass is 16.5. The van der Waals surface area contributed by atoms with E-state index in [9.17, 15) is 9.90 Å². The van der Waals surface area contributed by atoms with Gasteiger partial charge in [0.2, 0.25) is 5.91 Å². The molecule has 1 saturated heterocycles. The number of likely N-dealkylation sites (tertiary alicyclic amines) is 1. The Labute approximate surface area is 170 Å². The van der Waals surface area contributed by atoms with Crippen molar-refractivity contribution in [3.05, 3.63) is 89.5 Å². The molecule has 2 aliphatic rings. The van der Waals surface area contributed by atoms with Crippen LogP contribution >= 0.6 is 0 Å². The molecule has 5 rings (SSSR count). The molecule has 0 spiro atoms. The van der Waals surface area contributed by atoms with E-state index in [1.54, 1.807) is 12.1 Å². The number of ether oxygens (including phenoxy) is 1. The number of amides is 1. The molecule has 2 heterocycles. The summed E-state index contributed by atoms with van der Waals surface area (Å²) in [4.78, 5) is 15.6. The van der Waals surface area contributed by atoms with E-state index in [-0.39, 0.29) is 11.8 Å². The number of para-hydroxylation sites is 2. The highest BCUT2D eigenvalue weighted by molar-refractivity contribution is 5.89. The van der Waals surface area contributed by atoms with Gasteiger partial charge in [-0.3, -0.25) is 4.79 Å². The second kappa shape index (κ2) is 7.28. The molecule has 29 heavy (non-hydrogen) atoms. The van der Waals surface area contributed by atoms with E-state index in [4.69, 9.17) is 4.74 Å². The van der Waals surface area contributed by atoms with Gasteiger partial charge in [0.15, 0.2) is 0 Å². The maximum absolute atomic E-state index is 13.6. The molecule has 4 heteroatoms. The normalized spacial score (nSPS) is 16.6. The third kappa shape index (κ3) is 3.25. The summed E-state index contributed by atoms with van der Waals surface area (Å²) < 4.78 is 6.04. The average Bonchev–Trinajstić information content (AvgIpc) is 2.77. The predicted molar refractivity (Wildman–Crippen MR) is 111 cm³/mol. The van der Waals surface area contributed by atoms with Gasteiger partial charge in [-0.1, -0.05) is 48.5 Å². The number of hydrogen-bond acceptors (Lipinski definition) is 3. The van der Waals surface area contributed by atoms with Gasteiger partial charge < -0.3 is 14.7 Å². The van der Waals surface area contributed by atoms with Crippen LogP contribution in [-0.2, 0) is 4.79 Å². The first-order valence-electron chi connectivity index (χ1n) is 10.1. The van der Waals surface area contributed by atoms with Crippen molar-refractivity contribution < 1.29 is 14.6 Å². The van der Waals surface area contributed by atoms with E-state index in [2.05, 4.69) is 0 Å². The van der Waals surface area contributed by atoms with Crippen molar-refractivity contribution in [3.8, 4) is 17.2 Å². The SMILES string of the molecule is O=C(C1c2ccccc2Oc2ccccc21)N1CCC(c2ccc(O)cc2)CC1. The molecule has 0 radical (unpaired) electrons. The van der Waals surface area contributed by atoms with Crippen LogP contribution in [0.2, 0.25) is 0 Å². The van der Waals surface area contributed by atoms with Crippen molar-refractivity contribution in [2.24, 2.45) is 0 Å². The largest absolute Gasteiger partial charge is 0.508 e. The zero-order valence-corrected chi connectivity index (χ0v) is 16.1. The van der Waals surface area contributed by atoms with Gasteiger partial charge in [0.05, 0.1) is 5.92 Å². The number of piperidine rings is 1. The van der Waals surface area contributed by atoms with E-state index in [0.29, 0.717) is 11.7 Å². The number of phenolic OH excluding ortho intramolecular Hbond substituents is 1. The molecule has 0 atom stereocenters. The number of phenols is 1. The molecule has 0 aliphatic carbocycles. The molecule has 1 amide bonds. The van der Waals surface area contributed by atoms with Crippen molar-refractivity contribution in [2.45, 2.75) is 24.7 Å². The molecule has 1 N–H and O–H groups in total. The van der Waals surface area contributed by atoms with Crippen LogP contribution in [0, 0.1) is 0 Å². The number of nitrogens with zero attached hydrogens (tertiary/aromatic N) is 1. The van der Waals surface area contributed by atoms with Crippen LogP contribution < -0.4 is 4.74 Å². The number of fused-ring (bicyclic) bond motifs is 2. The molecule has 3 aromatic carbocycles. The smallest absolute Gasteiger partial charge is 0.234 e. The van der Waals surface area contributed by atoms with Crippen molar-refractivity contribution in [1.82, 2.24) is 4.90 Å². The van der Waals surface area contributed by atoms with E-state index in [1.165, 1.54) is 5.56 Å². The molecule has 0 saturated carbocycles.